The predicted molar refractivity (Wildman–Crippen MR) is 123 cm³/mol. The minimum absolute atomic E-state index is 0.234. The fraction of sp³-hybridized carbons (Fsp3) is 0.423. The first-order valence-corrected chi connectivity index (χ1v) is 11.3. The summed E-state index contributed by atoms with van der Waals surface area (Å²) in [5.74, 6) is 1.31. The number of benzene rings is 2. The van der Waals surface area contributed by atoms with E-state index in [-0.39, 0.29) is 6.04 Å². The lowest BCUT2D eigenvalue weighted by atomic mass is 9.78. The Hall–Kier alpha value is -2.83. The van der Waals surface area contributed by atoms with Crippen LogP contribution >= 0.6 is 0 Å². The molecule has 6 nitrogen and oxygen atoms in total. The molecule has 2 aliphatic rings. The highest BCUT2D eigenvalue weighted by molar-refractivity contribution is 5.88. The maximum atomic E-state index is 11.3. The van der Waals surface area contributed by atoms with E-state index in [1.807, 2.05) is 18.3 Å². The highest BCUT2D eigenvalue weighted by Gasteiger charge is 2.37. The van der Waals surface area contributed by atoms with Gasteiger partial charge in [-0.3, -0.25) is 4.90 Å². The number of aromatic nitrogens is 1. The van der Waals surface area contributed by atoms with E-state index in [9.17, 15) is 9.90 Å². The average Bonchev–Trinajstić information content (AvgIpc) is 3.26. The molecule has 2 saturated heterocycles. The topological polar surface area (TPSA) is 74.8 Å². The lowest BCUT2D eigenvalue weighted by Gasteiger charge is -2.44. The predicted octanol–water partition coefficient (Wildman–Crippen LogP) is 4.78. The van der Waals surface area contributed by atoms with Crippen LogP contribution in [0.4, 0.5) is 0 Å². The summed E-state index contributed by atoms with van der Waals surface area (Å²) in [6.07, 6.45) is 4.21. The molecule has 2 aromatic carbocycles. The van der Waals surface area contributed by atoms with Gasteiger partial charge in [0.15, 0.2) is 0 Å². The van der Waals surface area contributed by atoms with Crippen molar-refractivity contribution in [3.05, 3.63) is 64.8 Å². The van der Waals surface area contributed by atoms with Crippen LogP contribution in [0.25, 0.3) is 10.9 Å². The highest BCUT2D eigenvalue weighted by Crippen LogP contribution is 2.42. The van der Waals surface area contributed by atoms with Crippen molar-refractivity contribution in [1.82, 2.24) is 9.88 Å². The number of hydrogen-bond acceptors (Lipinski definition) is 4. The molecule has 1 aromatic heterocycles. The number of piperidine rings is 1. The third-order valence-electron chi connectivity index (χ3n) is 7.32. The largest absolute Gasteiger partial charge is 0.496 e. The summed E-state index contributed by atoms with van der Waals surface area (Å²) in [4.78, 5) is 17.2. The van der Waals surface area contributed by atoms with Gasteiger partial charge in [-0.1, -0.05) is 12.1 Å². The van der Waals surface area contributed by atoms with E-state index in [2.05, 4.69) is 28.9 Å². The molecular weight excluding hydrogens is 404 g/mol. The van der Waals surface area contributed by atoms with Crippen LogP contribution in [0.1, 0.15) is 45.9 Å². The van der Waals surface area contributed by atoms with Gasteiger partial charge < -0.3 is 19.6 Å². The molecule has 0 saturated carbocycles. The van der Waals surface area contributed by atoms with Crippen molar-refractivity contribution >= 4 is 16.9 Å². The SMILES string of the molecule is COc1cc(C)c2[nH]ccc2c1CN1CC[C@@H](C2COC2)C[C@H]1c1ccc(C(=O)O)cc1. The van der Waals surface area contributed by atoms with Crippen LogP contribution < -0.4 is 4.74 Å². The standard InChI is InChI=1S/C26H30N2O4/c1-16-11-24(31-2)22(21-7-9-27-25(16)21)13-28-10-8-19(20-14-32-15-20)12-23(28)17-3-5-18(6-4-17)26(29)30/h3-7,9,11,19-20,23,27H,8,10,12-15H2,1-2H3,(H,29,30)/t19-,23+/m1/s1. The fourth-order valence-corrected chi connectivity index (χ4v) is 5.36. The molecule has 2 atom stereocenters. The van der Waals surface area contributed by atoms with Crippen LogP contribution in [0, 0.1) is 18.8 Å². The third kappa shape index (κ3) is 3.78. The Bertz CT molecular complexity index is 1120. The Morgan fingerprint density at radius 3 is 2.66 bits per heavy atom. The summed E-state index contributed by atoms with van der Waals surface area (Å²) in [6.45, 7) is 5.62. The number of ether oxygens (including phenoxy) is 2. The van der Waals surface area contributed by atoms with E-state index >= 15 is 0 Å². The molecule has 2 N–H and O–H groups in total. The second-order valence-electron chi connectivity index (χ2n) is 9.14. The van der Waals surface area contributed by atoms with Gasteiger partial charge in [-0.05, 0) is 67.6 Å². The van der Waals surface area contributed by atoms with Gasteiger partial charge in [-0.2, -0.15) is 0 Å². The van der Waals surface area contributed by atoms with Crippen LogP contribution in [-0.4, -0.2) is 47.8 Å². The van der Waals surface area contributed by atoms with Gasteiger partial charge >= 0.3 is 5.97 Å². The number of likely N-dealkylation sites (tertiary alicyclic amines) is 1. The van der Waals surface area contributed by atoms with Crippen LogP contribution in [0.5, 0.6) is 5.75 Å². The first kappa shape index (κ1) is 21.0. The number of aromatic amines is 1. The molecule has 3 aromatic rings. The van der Waals surface area contributed by atoms with Crippen LogP contribution in [0.3, 0.4) is 0 Å². The molecule has 0 bridgehead atoms. The summed E-state index contributed by atoms with van der Waals surface area (Å²) in [5.41, 5.74) is 5.04. The number of carboxylic acid groups (broad SMARTS) is 1. The van der Waals surface area contributed by atoms with Crippen molar-refractivity contribution in [2.24, 2.45) is 11.8 Å². The number of H-pyrrole nitrogens is 1. The Labute approximate surface area is 188 Å². The zero-order valence-electron chi connectivity index (χ0n) is 18.6. The summed E-state index contributed by atoms with van der Waals surface area (Å²) in [6, 6.07) is 11.9. The molecule has 0 amide bonds. The van der Waals surface area contributed by atoms with Crippen molar-refractivity contribution in [2.75, 3.05) is 26.9 Å². The van der Waals surface area contributed by atoms with Gasteiger partial charge in [-0.25, -0.2) is 4.79 Å². The zero-order valence-corrected chi connectivity index (χ0v) is 18.6. The summed E-state index contributed by atoms with van der Waals surface area (Å²) in [7, 11) is 1.74. The molecule has 0 spiro atoms. The van der Waals surface area contributed by atoms with E-state index in [4.69, 9.17) is 9.47 Å². The smallest absolute Gasteiger partial charge is 0.335 e. The van der Waals surface area contributed by atoms with Crippen LogP contribution in [0.15, 0.2) is 42.6 Å². The normalized spacial score (nSPS) is 22.1. The van der Waals surface area contributed by atoms with Crippen molar-refractivity contribution < 1.29 is 19.4 Å². The maximum Gasteiger partial charge on any atom is 0.335 e. The molecular formula is C26H30N2O4. The number of nitrogens with zero attached hydrogens (tertiary/aromatic N) is 1. The number of rotatable bonds is 6. The Morgan fingerprint density at radius 2 is 2.00 bits per heavy atom. The zero-order chi connectivity index (χ0) is 22.2. The van der Waals surface area contributed by atoms with E-state index < -0.39 is 5.97 Å². The van der Waals surface area contributed by atoms with Crippen molar-refractivity contribution in [3.8, 4) is 5.75 Å². The van der Waals surface area contributed by atoms with Crippen LogP contribution in [-0.2, 0) is 11.3 Å². The molecule has 168 valence electrons. The van der Waals surface area contributed by atoms with Gasteiger partial charge in [0.05, 0.1) is 25.9 Å². The molecule has 0 aliphatic carbocycles. The molecule has 3 heterocycles. The van der Waals surface area contributed by atoms with E-state index in [0.29, 0.717) is 17.4 Å². The number of hydrogen-bond donors (Lipinski definition) is 2. The number of carboxylic acids is 1. The molecule has 5 rings (SSSR count). The van der Waals surface area contributed by atoms with Gasteiger partial charge in [0.25, 0.3) is 0 Å². The molecule has 2 fully saturated rings. The number of methoxy groups -OCH3 is 1. The summed E-state index contributed by atoms with van der Waals surface area (Å²) >= 11 is 0. The van der Waals surface area contributed by atoms with Crippen LogP contribution in [0.2, 0.25) is 0 Å². The average molecular weight is 435 g/mol. The minimum atomic E-state index is -0.888. The molecule has 32 heavy (non-hydrogen) atoms. The van der Waals surface area contributed by atoms with E-state index in [1.54, 1.807) is 19.2 Å². The second-order valence-corrected chi connectivity index (χ2v) is 9.14. The molecule has 0 radical (unpaired) electrons. The summed E-state index contributed by atoms with van der Waals surface area (Å²) < 4.78 is 11.3. The number of carbonyl (C=O) groups is 1. The molecule has 0 unspecified atom stereocenters. The quantitative estimate of drug-likeness (QED) is 0.584. The van der Waals surface area contributed by atoms with E-state index in [1.165, 1.54) is 22.1 Å². The third-order valence-corrected chi connectivity index (χ3v) is 7.32. The Balaban J connectivity index is 1.49. The number of aromatic carboxylic acids is 1. The van der Waals surface area contributed by atoms with Crippen molar-refractivity contribution in [2.45, 2.75) is 32.4 Å². The molecule has 2 aliphatic heterocycles. The Kier molecular flexibility index (Phi) is 5.66. The lowest BCUT2D eigenvalue weighted by Crippen LogP contribution is -2.43. The first-order chi connectivity index (χ1) is 15.5. The monoisotopic (exact) mass is 434 g/mol. The number of aryl methyl sites for hydroxylation is 1. The highest BCUT2D eigenvalue weighted by atomic mass is 16.5. The lowest BCUT2D eigenvalue weighted by molar-refractivity contribution is -0.0800. The van der Waals surface area contributed by atoms with Crippen molar-refractivity contribution in [1.29, 1.82) is 0 Å². The fourth-order valence-electron chi connectivity index (χ4n) is 5.36. The van der Waals surface area contributed by atoms with Gasteiger partial charge in [-0.15, -0.1) is 0 Å². The van der Waals surface area contributed by atoms with E-state index in [0.717, 1.165) is 50.4 Å². The first-order valence-electron chi connectivity index (χ1n) is 11.3. The summed E-state index contributed by atoms with van der Waals surface area (Å²) in [5, 5.41) is 10.5. The van der Waals surface area contributed by atoms with Gasteiger partial charge in [0.1, 0.15) is 5.75 Å². The van der Waals surface area contributed by atoms with Crippen molar-refractivity contribution in [3.63, 3.8) is 0 Å². The number of nitrogens with one attached hydrogen (secondary N) is 1. The minimum Gasteiger partial charge on any atom is -0.496 e. The van der Waals surface area contributed by atoms with Gasteiger partial charge in [0, 0.05) is 41.2 Å². The molecule has 6 heteroatoms. The maximum absolute atomic E-state index is 11.3. The second kappa shape index (κ2) is 8.60. The number of fused-ring (bicyclic) bond motifs is 1. The van der Waals surface area contributed by atoms with Gasteiger partial charge in [0.2, 0.25) is 0 Å². The Morgan fingerprint density at radius 1 is 1.22 bits per heavy atom.